The van der Waals surface area contributed by atoms with E-state index in [2.05, 4.69) is 22.1 Å². The quantitative estimate of drug-likeness (QED) is 0.764. The monoisotopic (exact) mass is 314 g/mol. The number of rotatable bonds is 7. The zero-order chi connectivity index (χ0) is 14.6. The Hall–Kier alpha value is -1.38. The van der Waals surface area contributed by atoms with Gasteiger partial charge in [0.2, 0.25) is 0 Å². The maximum atomic E-state index is 12.2. The lowest BCUT2D eigenvalue weighted by molar-refractivity contribution is 0.603. The molecule has 0 atom stereocenters. The van der Waals surface area contributed by atoms with E-state index in [9.17, 15) is 8.42 Å². The number of thiophene rings is 1. The smallest absolute Gasteiger partial charge is 0.272 e. The zero-order valence-corrected chi connectivity index (χ0v) is 13.1. The highest BCUT2D eigenvalue weighted by Gasteiger charge is 2.17. The molecule has 0 aliphatic rings. The van der Waals surface area contributed by atoms with E-state index in [1.54, 1.807) is 30.1 Å². The third kappa shape index (κ3) is 3.81. The lowest BCUT2D eigenvalue weighted by atomic mass is 10.4. The van der Waals surface area contributed by atoms with E-state index in [0.29, 0.717) is 16.6 Å². The Labute approximate surface area is 122 Å². The SMILES string of the molecule is CCCNCc1ccc(S(=O)(=O)Nc2ccn(C)n2)s1. The van der Waals surface area contributed by atoms with Crippen molar-refractivity contribution in [2.75, 3.05) is 11.3 Å². The summed E-state index contributed by atoms with van der Waals surface area (Å²) in [4.78, 5) is 1.000. The van der Waals surface area contributed by atoms with Gasteiger partial charge in [-0.3, -0.25) is 9.40 Å². The highest BCUT2D eigenvalue weighted by Crippen LogP contribution is 2.23. The van der Waals surface area contributed by atoms with Crippen LogP contribution in [0, 0.1) is 0 Å². The van der Waals surface area contributed by atoms with Crippen molar-refractivity contribution in [3.63, 3.8) is 0 Å². The molecule has 2 N–H and O–H groups in total. The van der Waals surface area contributed by atoms with Crippen LogP contribution in [0.25, 0.3) is 0 Å². The van der Waals surface area contributed by atoms with Gasteiger partial charge in [-0.1, -0.05) is 6.92 Å². The van der Waals surface area contributed by atoms with Crippen molar-refractivity contribution >= 4 is 27.2 Å². The van der Waals surface area contributed by atoms with Gasteiger partial charge in [-0.25, -0.2) is 8.42 Å². The van der Waals surface area contributed by atoms with E-state index in [1.807, 2.05) is 6.07 Å². The number of hydrogen-bond donors (Lipinski definition) is 2. The molecule has 0 radical (unpaired) electrons. The molecule has 0 fully saturated rings. The third-order valence-corrected chi connectivity index (χ3v) is 5.51. The van der Waals surface area contributed by atoms with Crippen LogP contribution in [-0.2, 0) is 23.6 Å². The zero-order valence-electron chi connectivity index (χ0n) is 11.5. The Balaban J connectivity index is 2.06. The van der Waals surface area contributed by atoms with Crippen LogP contribution in [-0.4, -0.2) is 24.7 Å². The molecule has 0 bridgehead atoms. The van der Waals surface area contributed by atoms with Gasteiger partial charge in [0.05, 0.1) is 0 Å². The molecule has 0 unspecified atom stereocenters. The third-order valence-electron chi connectivity index (χ3n) is 2.58. The first-order valence-corrected chi connectivity index (χ1v) is 8.63. The van der Waals surface area contributed by atoms with Crippen LogP contribution in [0.4, 0.5) is 5.82 Å². The van der Waals surface area contributed by atoms with Crippen molar-refractivity contribution < 1.29 is 8.42 Å². The van der Waals surface area contributed by atoms with Gasteiger partial charge in [0.25, 0.3) is 10.0 Å². The molecule has 2 heterocycles. The fourth-order valence-corrected chi connectivity index (χ4v) is 3.97. The van der Waals surface area contributed by atoms with Crippen LogP contribution < -0.4 is 10.0 Å². The Morgan fingerprint density at radius 1 is 1.35 bits per heavy atom. The van der Waals surface area contributed by atoms with Crippen LogP contribution in [0.15, 0.2) is 28.6 Å². The van der Waals surface area contributed by atoms with Gasteiger partial charge in [0.15, 0.2) is 5.82 Å². The minimum Gasteiger partial charge on any atom is -0.312 e. The molecule has 2 aromatic heterocycles. The molecule has 110 valence electrons. The minimum absolute atomic E-state index is 0.302. The molecule has 0 aliphatic heterocycles. The fourth-order valence-electron chi connectivity index (χ4n) is 1.64. The molecular formula is C12H18N4O2S2. The molecule has 8 heteroatoms. The summed E-state index contributed by atoms with van der Waals surface area (Å²) in [5.41, 5.74) is 0. The first-order chi connectivity index (χ1) is 9.51. The molecular weight excluding hydrogens is 296 g/mol. The van der Waals surface area contributed by atoms with Gasteiger partial charge in [-0.2, -0.15) is 5.10 Å². The van der Waals surface area contributed by atoms with Crippen LogP contribution in [0.1, 0.15) is 18.2 Å². The van der Waals surface area contributed by atoms with E-state index in [0.717, 1.165) is 17.8 Å². The number of hydrogen-bond acceptors (Lipinski definition) is 5. The summed E-state index contributed by atoms with van der Waals surface area (Å²) in [6, 6.07) is 5.08. The second-order valence-electron chi connectivity index (χ2n) is 4.38. The van der Waals surface area contributed by atoms with E-state index in [1.165, 1.54) is 11.3 Å². The molecule has 6 nitrogen and oxygen atoms in total. The molecule has 0 spiro atoms. The van der Waals surface area contributed by atoms with Crippen molar-refractivity contribution in [2.45, 2.75) is 24.1 Å². The molecule has 0 saturated carbocycles. The summed E-state index contributed by atoms with van der Waals surface area (Å²) < 4.78 is 28.7. The van der Waals surface area contributed by atoms with Crippen LogP contribution in [0.5, 0.6) is 0 Å². The lowest BCUT2D eigenvalue weighted by Crippen LogP contribution is -2.13. The maximum absolute atomic E-state index is 12.2. The minimum atomic E-state index is -3.54. The number of aromatic nitrogens is 2. The molecule has 0 aliphatic carbocycles. The number of sulfonamides is 1. The Morgan fingerprint density at radius 2 is 2.15 bits per heavy atom. The predicted molar refractivity (Wildman–Crippen MR) is 80.3 cm³/mol. The number of aryl methyl sites for hydroxylation is 1. The number of nitrogens with zero attached hydrogens (tertiary/aromatic N) is 2. The average molecular weight is 314 g/mol. The van der Waals surface area contributed by atoms with E-state index in [-0.39, 0.29) is 0 Å². The molecule has 0 saturated heterocycles. The molecule has 0 amide bonds. The van der Waals surface area contributed by atoms with Crippen molar-refractivity contribution in [1.29, 1.82) is 0 Å². The Morgan fingerprint density at radius 3 is 2.80 bits per heavy atom. The molecule has 2 rings (SSSR count). The van der Waals surface area contributed by atoms with Gasteiger partial charge >= 0.3 is 0 Å². The van der Waals surface area contributed by atoms with Gasteiger partial charge in [-0.15, -0.1) is 11.3 Å². The van der Waals surface area contributed by atoms with Crippen LogP contribution >= 0.6 is 11.3 Å². The highest BCUT2D eigenvalue weighted by molar-refractivity contribution is 7.94. The summed E-state index contributed by atoms with van der Waals surface area (Å²) in [7, 11) is -1.81. The largest absolute Gasteiger partial charge is 0.312 e. The first-order valence-electron chi connectivity index (χ1n) is 6.33. The van der Waals surface area contributed by atoms with Crippen molar-refractivity contribution in [2.24, 2.45) is 7.05 Å². The van der Waals surface area contributed by atoms with E-state index < -0.39 is 10.0 Å². The van der Waals surface area contributed by atoms with Gasteiger partial charge < -0.3 is 5.32 Å². The first kappa shape index (κ1) is 15.0. The number of anilines is 1. The van der Waals surface area contributed by atoms with Gasteiger partial charge in [0.1, 0.15) is 4.21 Å². The second-order valence-corrected chi connectivity index (χ2v) is 7.46. The number of nitrogens with one attached hydrogen (secondary N) is 2. The standard InChI is InChI=1S/C12H18N4O2S2/c1-3-7-13-9-10-4-5-12(19-10)20(17,18)15-11-6-8-16(2)14-11/h4-6,8,13H,3,7,9H2,1-2H3,(H,14,15). The van der Waals surface area contributed by atoms with E-state index >= 15 is 0 Å². The second kappa shape index (κ2) is 6.38. The highest BCUT2D eigenvalue weighted by atomic mass is 32.2. The summed E-state index contributed by atoms with van der Waals surface area (Å²) in [5, 5.41) is 7.26. The lowest BCUT2D eigenvalue weighted by Gasteiger charge is -2.02. The Bertz CT molecular complexity index is 661. The van der Waals surface area contributed by atoms with E-state index in [4.69, 9.17) is 0 Å². The van der Waals surface area contributed by atoms with Gasteiger partial charge in [-0.05, 0) is 25.1 Å². The predicted octanol–water partition coefficient (Wildman–Crippen LogP) is 1.78. The van der Waals surface area contributed by atoms with Gasteiger partial charge in [0, 0.05) is 30.7 Å². The van der Waals surface area contributed by atoms with Crippen molar-refractivity contribution in [1.82, 2.24) is 15.1 Å². The summed E-state index contributed by atoms with van der Waals surface area (Å²) in [6.07, 6.45) is 2.74. The summed E-state index contributed by atoms with van der Waals surface area (Å²) in [5.74, 6) is 0.326. The molecule has 0 aromatic carbocycles. The normalized spacial score (nSPS) is 11.7. The fraction of sp³-hybridized carbons (Fsp3) is 0.417. The summed E-state index contributed by atoms with van der Waals surface area (Å²) in [6.45, 7) is 3.71. The van der Waals surface area contributed by atoms with Crippen molar-refractivity contribution in [3.8, 4) is 0 Å². The maximum Gasteiger partial charge on any atom is 0.272 e. The van der Waals surface area contributed by atoms with Crippen LogP contribution in [0.3, 0.4) is 0 Å². The average Bonchev–Trinajstić information content (AvgIpc) is 2.99. The Kier molecular flexibility index (Phi) is 4.79. The van der Waals surface area contributed by atoms with Crippen molar-refractivity contribution in [3.05, 3.63) is 29.3 Å². The summed E-state index contributed by atoms with van der Waals surface area (Å²) >= 11 is 1.27. The molecule has 2 aromatic rings. The molecule has 20 heavy (non-hydrogen) atoms. The van der Waals surface area contributed by atoms with Crippen LogP contribution in [0.2, 0.25) is 0 Å². The topological polar surface area (TPSA) is 76.0 Å².